The molecule has 1 rings (SSSR count). The fourth-order valence-corrected chi connectivity index (χ4v) is 1.66. The van der Waals surface area contributed by atoms with Gasteiger partial charge in [0, 0.05) is 7.11 Å². The molecule has 1 atom stereocenters. The minimum Gasteiger partial charge on any atom is -0.382 e. The van der Waals surface area contributed by atoms with Crippen LogP contribution < -0.4 is 5.73 Å². The van der Waals surface area contributed by atoms with Crippen molar-refractivity contribution in [2.75, 3.05) is 40.1 Å². The second-order valence-corrected chi connectivity index (χ2v) is 4.63. The minimum absolute atomic E-state index is 0.0849. The van der Waals surface area contributed by atoms with Crippen molar-refractivity contribution in [2.24, 2.45) is 5.73 Å². The number of hydrogen-bond acceptors (Lipinski definition) is 4. The van der Waals surface area contributed by atoms with Crippen LogP contribution in [0, 0.1) is 13.8 Å². The van der Waals surface area contributed by atoms with Gasteiger partial charge in [0.1, 0.15) is 0 Å². The predicted octanol–water partition coefficient (Wildman–Crippen LogP) is 1.98. The fraction of sp³-hybridized carbons (Fsp3) is 0.600. The Labute approximate surface area is 115 Å². The fourth-order valence-electron chi connectivity index (χ4n) is 1.66. The van der Waals surface area contributed by atoms with Crippen LogP contribution in [-0.2, 0) is 14.2 Å². The summed E-state index contributed by atoms with van der Waals surface area (Å²) in [6.45, 7) is 7.04. The topological polar surface area (TPSA) is 53.7 Å². The van der Waals surface area contributed by atoms with Gasteiger partial charge in [-0.05, 0) is 30.5 Å². The van der Waals surface area contributed by atoms with E-state index in [0.29, 0.717) is 33.0 Å². The molecule has 0 aliphatic rings. The van der Waals surface area contributed by atoms with Gasteiger partial charge in [-0.3, -0.25) is 0 Å². The van der Waals surface area contributed by atoms with E-state index in [9.17, 15) is 0 Å². The number of nitrogens with two attached hydrogens (primary N) is 1. The van der Waals surface area contributed by atoms with E-state index < -0.39 is 0 Å². The van der Waals surface area contributed by atoms with Crippen LogP contribution in [0.25, 0.3) is 0 Å². The molecule has 0 aliphatic carbocycles. The van der Waals surface area contributed by atoms with Crippen LogP contribution in [0.5, 0.6) is 0 Å². The van der Waals surface area contributed by atoms with Gasteiger partial charge < -0.3 is 19.9 Å². The van der Waals surface area contributed by atoms with E-state index in [4.69, 9.17) is 19.9 Å². The van der Waals surface area contributed by atoms with Crippen molar-refractivity contribution in [2.45, 2.75) is 19.9 Å². The van der Waals surface area contributed by atoms with Crippen molar-refractivity contribution in [3.63, 3.8) is 0 Å². The molecule has 1 aromatic carbocycles. The Morgan fingerprint density at radius 1 is 1.00 bits per heavy atom. The second kappa shape index (κ2) is 9.04. The number of aryl methyl sites for hydroxylation is 2. The normalized spacial score (nSPS) is 12.6. The third kappa shape index (κ3) is 6.16. The maximum atomic E-state index is 6.09. The summed E-state index contributed by atoms with van der Waals surface area (Å²) >= 11 is 0. The minimum atomic E-state index is -0.0849. The quantitative estimate of drug-likeness (QED) is 0.695. The van der Waals surface area contributed by atoms with Gasteiger partial charge in [0.05, 0.1) is 39.1 Å². The molecular weight excluding hydrogens is 242 g/mol. The van der Waals surface area contributed by atoms with Gasteiger partial charge in [-0.15, -0.1) is 0 Å². The van der Waals surface area contributed by atoms with E-state index in [1.165, 1.54) is 11.1 Å². The summed E-state index contributed by atoms with van der Waals surface area (Å²) < 4.78 is 15.7. The number of rotatable bonds is 9. The first-order valence-electron chi connectivity index (χ1n) is 6.62. The summed E-state index contributed by atoms with van der Waals surface area (Å²) in [6.07, 6.45) is 0. The summed E-state index contributed by atoms with van der Waals surface area (Å²) in [7, 11) is 1.66. The lowest BCUT2D eigenvalue weighted by molar-refractivity contribution is 0.0216. The molecule has 0 saturated carbocycles. The van der Waals surface area contributed by atoms with Gasteiger partial charge in [-0.2, -0.15) is 0 Å². The van der Waals surface area contributed by atoms with Crippen LogP contribution in [0.1, 0.15) is 22.7 Å². The van der Waals surface area contributed by atoms with Gasteiger partial charge in [0.15, 0.2) is 0 Å². The Morgan fingerprint density at radius 2 is 1.68 bits per heavy atom. The molecule has 0 fully saturated rings. The third-order valence-corrected chi connectivity index (χ3v) is 3.06. The molecule has 0 amide bonds. The van der Waals surface area contributed by atoms with Crippen LogP contribution >= 0.6 is 0 Å². The molecule has 0 heterocycles. The zero-order chi connectivity index (χ0) is 14.1. The number of methoxy groups -OCH3 is 1. The highest BCUT2D eigenvalue weighted by atomic mass is 16.5. The van der Waals surface area contributed by atoms with E-state index in [-0.39, 0.29) is 6.04 Å². The highest BCUT2D eigenvalue weighted by molar-refractivity contribution is 5.31. The lowest BCUT2D eigenvalue weighted by Crippen LogP contribution is -2.19. The lowest BCUT2D eigenvalue weighted by Gasteiger charge is -2.14. The molecule has 0 aliphatic heterocycles. The monoisotopic (exact) mass is 267 g/mol. The molecular formula is C15H25NO3. The van der Waals surface area contributed by atoms with E-state index in [0.717, 1.165) is 5.56 Å². The number of ether oxygens (including phenoxy) is 3. The molecule has 0 radical (unpaired) electrons. The lowest BCUT2D eigenvalue weighted by atomic mass is 10.0. The van der Waals surface area contributed by atoms with Gasteiger partial charge >= 0.3 is 0 Å². The number of benzene rings is 1. The molecule has 4 nitrogen and oxygen atoms in total. The average Bonchev–Trinajstić information content (AvgIpc) is 2.40. The smallest absolute Gasteiger partial charge is 0.0701 e. The van der Waals surface area contributed by atoms with Gasteiger partial charge in [-0.1, -0.05) is 18.2 Å². The summed E-state index contributed by atoms with van der Waals surface area (Å²) in [5.41, 5.74) is 9.75. The first-order valence-corrected chi connectivity index (χ1v) is 6.62. The highest BCUT2D eigenvalue weighted by Gasteiger charge is 2.07. The predicted molar refractivity (Wildman–Crippen MR) is 76.4 cm³/mol. The molecule has 0 spiro atoms. The zero-order valence-electron chi connectivity index (χ0n) is 12.1. The van der Waals surface area contributed by atoms with Crippen LogP contribution in [0.3, 0.4) is 0 Å². The summed E-state index contributed by atoms with van der Waals surface area (Å²) in [6, 6.07) is 6.20. The Bertz CT molecular complexity index is 368. The van der Waals surface area contributed by atoms with Crippen molar-refractivity contribution in [1.82, 2.24) is 0 Å². The molecule has 2 N–H and O–H groups in total. The molecule has 108 valence electrons. The van der Waals surface area contributed by atoms with Crippen molar-refractivity contribution in [3.05, 3.63) is 34.9 Å². The summed E-state index contributed by atoms with van der Waals surface area (Å²) in [5.74, 6) is 0. The maximum Gasteiger partial charge on any atom is 0.0701 e. The molecule has 1 unspecified atom stereocenters. The van der Waals surface area contributed by atoms with E-state index in [2.05, 4.69) is 32.0 Å². The Balaban J connectivity index is 2.20. The SMILES string of the molecule is COCCOCCOCC(N)c1ccc(C)c(C)c1. The maximum absolute atomic E-state index is 6.09. The Hall–Kier alpha value is -0.940. The van der Waals surface area contributed by atoms with Crippen molar-refractivity contribution >= 4 is 0 Å². The summed E-state index contributed by atoms with van der Waals surface area (Å²) in [4.78, 5) is 0. The van der Waals surface area contributed by atoms with Crippen molar-refractivity contribution in [1.29, 1.82) is 0 Å². The Morgan fingerprint density at radius 3 is 2.37 bits per heavy atom. The molecule has 19 heavy (non-hydrogen) atoms. The third-order valence-electron chi connectivity index (χ3n) is 3.06. The average molecular weight is 267 g/mol. The van der Waals surface area contributed by atoms with Crippen LogP contribution in [0.2, 0.25) is 0 Å². The van der Waals surface area contributed by atoms with Gasteiger partial charge in [-0.25, -0.2) is 0 Å². The molecule has 0 bridgehead atoms. The molecule has 0 saturated heterocycles. The Kier molecular flexibility index (Phi) is 7.67. The standard InChI is InChI=1S/C15H25NO3/c1-12-4-5-14(10-13(12)2)15(16)11-19-9-8-18-7-6-17-3/h4-5,10,15H,6-9,11,16H2,1-3H3. The molecule has 0 aromatic heterocycles. The molecule has 1 aromatic rings. The number of hydrogen-bond donors (Lipinski definition) is 1. The first-order chi connectivity index (χ1) is 9.15. The van der Waals surface area contributed by atoms with Gasteiger partial charge in [0.2, 0.25) is 0 Å². The first kappa shape index (κ1) is 16.1. The second-order valence-electron chi connectivity index (χ2n) is 4.63. The summed E-state index contributed by atoms with van der Waals surface area (Å²) in [5, 5.41) is 0. The van der Waals surface area contributed by atoms with E-state index in [1.807, 2.05) is 0 Å². The van der Waals surface area contributed by atoms with Crippen LogP contribution in [0.15, 0.2) is 18.2 Å². The van der Waals surface area contributed by atoms with Crippen LogP contribution in [-0.4, -0.2) is 40.1 Å². The highest BCUT2D eigenvalue weighted by Crippen LogP contribution is 2.15. The van der Waals surface area contributed by atoms with Gasteiger partial charge in [0.25, 0.3) is 0 Å². The van der Waals surface area contributed by atoms with Crippen molar-refractivity contribution < 1.29 is 14.2 Å². The molecule has 4 heteroatoms. The zero-order valence-corrected chi connectivity index (χ0v) is 12.1. The van der Waals surface area contributed by atoms with Crippen LogP contribution in [0.4, 0.5) is 0 Å². The van der Waals surface area contributed by atoms with Crippen molar-refractivity contribution in [3.8, 4) is 0 Å². The van der Waals surface area contributed by atoms with E-state index in [1.54, 1.807) is 7.11 Å². The largest absolute Gasteiger partial charge is 0.382 e. The van der Waals surface area contributed by atoms with E-state index >= 15 is 0 Å².